The number of carbonyl (C=O) groups is 3. The maximum atomic E-state index is 13.0. The average Bonchev–Trinajstić information content (AvgIpc) is 3.14. The van der Waals surface area contributed by atoms with Crippen LogP contribution in [0.3, 0.4) is 0 Å². The molecule has 0 saturated carbocycles. The molecule has 2 N–H and O–H groups in total. The third-order valence-electron chi connectivity index (χ3n) is 4.52. The van der Waals surface area contributed by atoms with E-state index in [0.717, 1.165) is 20.8 Å². The van der Waals surface area contributed by atoms with Crippen LogP contribution in [0.15, 0.2) is 54.6 Å². The van der Waals surface area contributed by atoms with E-state index in [0.29, 0.717) is 6.42 Å². The summed E-state index contributed by atoms with van der Waals surface area (Å²) >= 11 is 1.52. The third-order valence-corrected chi connectivity index (χ3v) is 5.56. The molecule has 0 aliphatic rings. The van der Waals surface area contributed by atoms with Crippen LogP contribution in [0.1, 0.15) is 17.5 Å². The van der Waals surface area contributed by atoms with Crippen LogP contribution in [-0.2, 0) is 26.2 Å². The van der Waals surface area contributed by atoms with Gasteiger partial charge in [0.05, 0.1) is 20.6 Å². The molecule has 0 spiro atoms. The van der Waals surface area contributed by atoms with Gasteiger partial charge in [0, 0.05) is 13.5 Å². The number of carbonyl (C=O) groups excluding carboxylic acids is 3. The lowest BCUT2D eigenvalue weighted by molar-refractivity contribution is -0.153. The highest BCUT2D eigenvalue weighted by atomic mass is 32.1. The van der Waals surface area contributed by atoms with E-state index in [1.807, 2.05) is 54.6 Å². The second-order valence-electron chi connectivity index (χ2n) is 6.65. The Kier molecular flexibility index (Phi) is 6.23. The summed E-state index contributed by atoms with van der Waals surface area (Å²) in [5.74, 6) is -1.26. The van der Waals surface area contributed by atoms with Crippen LogP contribution in [0.4, 0.5) is 4.79 Å². The van der Waals surface area contributed by atoms with E-state index >= 15 is 0 Å². The summed E-state index contributed by atoms with van der Waals surface area (Å²) in [5.41, 5.74) is 0.597. The molecule has 1 aromatic heterocycles. The van der Waals surface area contributed by atoms with E-state index in [1.54, 1.807) is 6.92 Å². The number of para-hydroxylation sites is 1. The molecule has 8 heteroatoms. The zero-order valence-corrected chi connectivity index (χ0v) is 16.9. The molecule has 0 unspecified atom stereocenters. The molecule has 1 atom stereocenters. The number of urea groups is 1. The lowest BCUT2D eigenvalue weighted by Crippen LogP contribution is -2.42. The van der Waals surface area contributed by atoms with Gasteiger partial charge in [0.25, 0.3) is 5.91 Å². The number of hydrogen-bond acceptors (Lipinski definition) is 6. The number of aromatic nitrogens is 1. The largest absolute Gasteiger partial charge is 0.455 e. The molecule has 0 aliphatic carbocycles. The predicted molar refractivity (Wildman–Crippen MR) is 111 cm³/mol. The Balaban J connectivity index is 1.82. The molecule has 3 rings (SSSR count). The summed E-state index contributed by atoms with van der Waals surface area (Å²) in [6.07, 6.45) is 0.326. The van der Waals surface area contributed by atoms with Crippen LogP contribution < -0.4 is 10.6 Å². The second kappa shape index (κ2) is 8.83. The Morgan fingerprint density at radius 3 is 2.45 bits per heavy atom. The highest BCUT2D eigenvalue weighted by Gasteiger charge is 2.38. The number of imide groups is 1. The number of benzene rings is 2. The van der Waals surface area contributed by atoms with Crippen molar-refractivity contribution in [3.63, 3.8) is 0 Å². The minimum absolute atomic E-state index is 0.326. The number of rotatable bonds is 6. The van der Waals surface area contributed by atoms with Crippen LogP contribution in [0.25, 0.3) is 10.2 Å². The Bertz CT molecular complexity index is 1000. The molecular weight excluding hydrogens is 390 g/mol. The van der Waals surface area contributed by atoms with Gasteiger partial charge in [-0.2, -0.15) is 0 Å². The summed E-state index contributed by atoms with van der Waals surface area (Å²) in [5, 5.41) is 5.13. The molecule has 0 aliphatic heterocycles. The van der Waals surface area contributed by atoms with Crippen molar-refractivity contribution in [2.75, 3.05) is 13.7 Å². The summed E-state index contributed by atoms with van der Waals surface area (Å²) in [4.78, 5) is 40.7. The van der Waals surface area contributed by atoms with Gasteiger partial charge in [-0.1, -0.05) is 42.5 Å². The van der Waals surface area contributed by atoms with E-state index in [2.05, 4.69) is 15.6 Å². The maximum Gasteiger partial charge on any atom is 0.321 e. The van der Waals surface area contributed by atoms with E-state index in [4.69, 9.17) is 4.74 Å². The number of thiazole rings is 1. The number of esters is 1. The quantitative estimate of drug-likeness (QED) is 0.608. The molecule has 2 aromatic carbocycles. The van der Waals surface area contributed by atoms with Gasteiger partial charge >= 0.3 is 12.0 Å². The topological polar surface area (TPSA) is 97.4 Å². The van der Waals surface area contributed by atoms with Crippen LogP contribution in [-0.4, -0.2) is 36.5 Å². The Labute approximate surface area is 172 Å². The molecule has 0 saturated heterocycles. The van der Waals surface area contributed by atoms with Crippen LogP contribution in [0, 0.1) is 0 Å². The molecule has 3 amide bonds. The molecule has 7 nitrogen and oxygen atoms in total. The molecule has 0 radical (unpaired) electrons. The number of ether oxygens (including phenoxy) is 1. The number of fused-ring (bicyclic) bond motifs is 1. The molecular formula is C21H21N3O4S. The highest BCUT2D eigenvalue weighted by Crippen LogP contribution is 2.33. The normalized spacial score (nSPS) is 12.8. The fourth-order valence-corrected chi connectivity index (χ4v) is 4.04. The van der Waals surface area contributed by atoms with Crippen LogP contribution in [0.2, 0.25) is 0 Å². The SMILES string of the molecule is CNC(=O)NC(=O)COC(=O)[C@@](C)(Cc1nc2ccccc2s1)c1ccccc1. The fraction of sp³-hybridized carbons (Fsp3) is 0.238. The highest BCUT2D eigenvalue weighted by molar-refractivity contribution is 7.18. The molecule has 0 bridgehead atoms. The van der Waals surface area contributed by atoms with E-state index in [1.165, 1.54) is 18.4 Å². The van der Waals surface area contributed by atoms with Crippen molar-refractivity contribution < 1.29 is 19.1 Å². The molecule has 29 heavy (non-hydrogen) atoms. The average molecular weight is 411 g/mol. The first kappa shape index (κ1) is 20.5. The summed E-state index contributed by atoms with van der Waals surface area (Å²) < 4.78 is 6.30. The molecule has 3 aromatic rings. The number of amides is 3. The van der Waals surface area contributed by atoms with E-state index < -0.39 is 29.9 Å². The van der Waals surface area contributed by atoms with Gasteiger partial charge in [-0.25, -0.2) is 9.78 Å². The van der Waals surface area contributed by atoms with Crippen molar-refractivity contribution in [1.29, 1.82) is 0 Å². The van der Waals surface area contributed by atoms with Crippen molar-refractivity contribution in [2.45, 2.75) is 18.8 Å². The van der Waals surface area contributed by atoms with Crippen LogP contribution >= 0.6 is 11.3 Å². The number of nitrogens with one attached hydrogen (secondary N) is 2. The summed E-state index contributed by atoms with van der Waals surface area (Å²) in [6.45, 7) is 1.22. The fourth-order valence-electron chi connectivity index (χ4n) is 2.91. The minimum atomic E-state index is -1.04. The summed E-state index contributed by atoms with van der Waals surface area (Å²) in [6, 6.07) is 16.4. The maximum absolute atomic E-state index is 13.0. The predicted octanol–water partition coefficient (Wildman–Crippen LogP) is 2.80. The van der Waals surface area contributed by atoms with Gasteiger partial charge in [0.15, 0.2) is 6.61 Å². The summed E-state index contributed by atoms with van der Waals surface area (Å²) in [7, 11) is 1.39. The lowest BCUT2D eigenvalue weighted by Gasteiger charge is -2.27. The minimum Gasteiger partial charge on any atom is -0.455 e. The van der Waals surface area contributed by atoms with Gasteiger partial charge in [-0.3, -0.25) is 14.9 Å². The number of nitrogens with zero attached hydrogens (tertiary/aromatic N) is 1. The third kappa shape index (κ3) is 4.78. The lowest BCUT2D eigenvalue weighted by atomic mass is 9.79. The zero-order chi connectivity index (χ0) is 20.9. The Morgan fingerprint density at radius 2 is 1.76 bits per heavy atom. The first-order chi connectivity index (χ1) is 13.9. The molecule has 0 fully saturated rings. The van der Waals surface area contributed by atoms with E-state index in [-0.39, 0.29) is 0 Å². The first-order valence-electron chi connectivity index (χ1n) is 9.01. The van der Waals surface area contributed by atoms with Gasteiger partial charge < -0.3 is 10.1 Å². The van der Waals surface area contributed by atoms with Crippen LogP contribution in [0.5, 0.6) is 0 Å². The smallest absolute Gasteiger partial charge is 0.321 e. The van der Waals surface area contributed by atoms with Gasteiger partial charge in [0.1, 0.15) is 0 Å². The molecule has 1 heterocycles. The molecule has 150 valence electrons. The standard InChI is InChI=1S/C21H21N3O4S/c1-21(14-8-4-3-5-9-14,19(26)28-13-17(25)24-20(27)22-2)12-18-23-15-10-6-7-11-16(15)29-18/h3-11H,12-13H2,1-2H3,(H2,22,24,25,27)/t21-/m0/s1. The zero-order valence-electron chi connectivity index (χ0n) is 16.1. The van der Waals surface area contributed by atoms with Crippen molar-refractivity contribution in [3.8, 4) is 0 Å². The van der Waals surface area contributed by atoms with Crippen molar-refractivity contribution in [3.05, 3.63) is 65.2 Å². The van der Waals surface area contributed by atoms with Crippen molar-refractivity contribution in [2.24, 2.45) is 0 Å². The Hall–Kier alpha value is -3.26. The van der Waals surface area contributed by atoms with E-state index in [9.17, 15) is 14.4 Å². The second-order valence-corrected chi connectivity index (χ2v) is 7.77. The Morgan fingerprint density at radius 1 is 1.07 bits per heavy atom. The monoisotopic (exact) mass is 411 g/mol. The van der Waals surface area contributed by atoms with Crippen molar-refractivity contribution >= 4 is 39.5 Å². The van der Waals surface area contributed by atoms with Gasteiger partial charge in [-0.15, -0.1) is 11.3 Å². The van der Waals surface area contributed by atoms with Gasteiger partial charge in [-0.05, 0) is 24.6 Å². The van der Waals surface area contributed by atoms with Gasteiger partial charge in [0.2, 0.25) is 0 Å². The first-order valence-corrected chi connectivity index (χ1v) is 9.83. The van der Waals surface area contributed by atoms with Crippen molar-refractivity contribution in [1.82, 2.24) is 15.6 Å². The number of hydrogen-bond donors (Lipinski definition) is 2.